The van der Waals surface area contributed by atoms with Gasteiger partial charge in [0.2, 0.25) is 0 Å². The Bertz CT molecular complexity index is 1290. The van der Waals surface area contributed by atoms with E-state index in [9.17, 15) is 34.1 Å². The predicted octanol–water partition coefficient (Wildman–Crippen LogP) is 8.89. The molecular weight excluding hydrogens is 765 g/mol. The minimum absolute atomic E-state index is 0.0772. The van der Waals surface area contributed by atoms with Crippen LogP contribution in [0, 0.1) is 0 Å². The van der Waals surface area contributed by atoms with Gasteiger partial charge in [-0.25, -0.2) is 4.57 Å². The number of nitrogens with two attached hydrogens (primary N) is 1. The van der Waals surface area contributed by atoms with Crippen molar-refractivity contribution in [3.8, 4) is 0 Å². The Balaban J connectivity index is 4.66. The van der Waals surface area contributed by atoms with Gasteiger partial charge in [0.1, 0.15) is 12.6 Å². The first-order valence-corrected chi connectivity index (χ1v) is 22.6. The van der Waals surface area contributed by atoms with Crippen LogP contribution in [0.4, 0.5) is 0 Å². The van der Waals surface area contributed by atoms with Crippen LogP contribution in [0.2, 0.25) is 0 Å². The van der Waals surface area contributed by atoms with Gasteiger partial charge in [-0.3, -0.25) is 23.4 Å². The first-order valence-electron chi connectivity index (χ1n) is 21.1. The number of carboxylic acids is 1. The van der Waals surface area contributed by atoms with Crippen molar-refractivity contribution < 1.29 is 57.7 Å². The van der Waals surface area contributed by atoms with Gasteiger partial charge < -0.3 is 35.4 Å². The quantitative estimate of drug-likeness (QED) is 0.0170. The Hall–Kier alpha value is -3.16. The molecule has 0 saturated carbocycles. The van der Waals surface area contributed by atoms with Crippen molar-refractivity contribution in [3.05, 3.63) is 72.9 Å². The molecule has 0 aliphatic rings. The minimum atomic E-state index is -4.79. The van der Waals surface area contributed by atoms with Crippen molar-refractivity contribution in [1.29, 1.82) is 0 Å². The van der Waals surface area contributed by atoms with E-state index in [0.29, 0.717) is 6.42 Å². The molecule has 0 heterocycles. The molecule has 0 amide bonds. The van der Waals surface area contributed by atoms with Crippen LogP contribution < -0.4 is 5.73 Å². The number of phosphoric ester groups is 1. The maximum atomic E-state index is 12.6. The third-order valence-electron chi connectivity index (χ3n) is 8.64. The summed E-state index contributed by atoms with van der Waals surface area (Å²) in [4.78, 5) is 46.0. The molecule has 0 aromatic rings. The van der Waals surface area contributed by atoms with Crippen molar-refractivity contribution in [1.82, 2.24) is 0 Å². The van der Waals surface area contributed by atoms with Crippen molar-refractivity contribution >= 4 is 25.7 Å². The van der Waals surface area contributed by atoms with Gasteiger partial charge in [0.15, 0.2) is 6.10 Å². The van der Waals surface area contributed by atoms with Crippen LogP contribution >= 0.6 is 7.82 Å². The van der Waals surface area contributed by atoms with E-state index in [1.807, 2.05) is 18.2 Å². The van der Waals surface area contributed by atoms with Crippen LogP contribution in [0.15, 0.2) is 72.9 Å². The summed E-state index contributed by atoms with van der Waals surface area (Å²) in [5.41, 5.74) is 5.31. The standard InChI is InChI=1S/C44H74NO12P/c1-3-5-7-9-11-13-15-17-18-19-21-23-25-27-29-33-43(49)57-38(36-55-58(52,53)56-37-39(45)44(50)51)35-54-42(48)34-30-32-41(47)40(46)31-28-26-24-22-20-16-14-12-10-8-6-4-2/h5,7,11-14,17-18,20,22,26,28,38-41,46-47H,3-4,6,8-10,15-16,19,21,23-25,27,29-37,45H2,1-2H3,(H,50,51)(H,52,53)/b7-5-,13-11-,14-12-,18-17-,22-20-,28-26-/t38-,39+,40?,41?/m1/s1. The van der Waals surface area contributed by atoms with E-state index in [-0.39, 0.29) is 32.1 Å². The van der Waals surface area contributed by atoms with Gasteiger partial charge >= 0.3 is 25.7 Å². The smallest absolute Gasteiger partial charge is 0.472 e. The van der Waals surface area contributed by atoms with E-state index in [1.54, 1.807) is 0 Å². The second-order valence-electron chi connectivity index (χ2n) is 14.0. The summed E-state index contributed by atoms with van der Waals surface area (Å²) < 4.78 is 32.4. The van der Waals surface area contributed by atoms with E-state index in [4.69, 9.17) is 24.8 Å². The molecule has 6 N–H and O–H groups in total. The van der Waals surface area contributed by atoms with Crippen molar-refractivity contribution in [2.24, 2.45) is 5.73 Å². The lowest BCUT2D eigenvalue weighted by atomic mass is 10.0. The molecular formula is C44H74NO12P. The van der Waals surface area contributed by atoms with Gasteiger partial charge in [-0.15, -0.1) is 0 Å². The molecule has 332 valence electrons. The summed E-state index contributed by atoms with van der Waals surface area (Å²) in [6, 6.07) is -1.57. The van der Waals surface area contributed by atoms with Gasteiger partial charge in [-0.05, 0) is 83.5 Å². The summed E-state index contributed by atoms with van der Waals surface area (Å²) in [6.07, 6.45) is 37.1. The highest BCUT2D eigenvalue weighted by molar-refractivity contribution is 7.47. The minimum Gasteiger partial charge on any atom is -0.480 e. The van der Waals surface area contributed by atoms with E-state index in [1.165, 1.54) is 19.3 Å². The van der Waals surface area contributed by atoms with E-state index < -0.39 is 69.9 Å². The lowest BCUT2D eigenvalue weighted by molar-refractivity contribution is -0.161. The Morgan fingerprint density at radius 1 is 0.621 bits per heavy atom. The number of phosphoric acid groups is 1. The number of aliphatic hydroxyl groups excluding tert-OH is 2. The Morgan fingerprint density at radius 3 is 1.74 bits per heavy atom. The van der Waals surface area contributed by atoms with Gasteiger partial charge in [-0.1, -0.05) is 119 Å². The highest BCUT2D eigenvalue weighted by atomic mass is 31.2. The molecule has 3 unspecified atom stereocenters. The lowest BCUT2D eigenvalue weighted by Crippen LogP contribution is -2.34. The number of ether oxygens (including phenoxy) is 2. The number of carboxylic acid groups (broad SMARTS) is 1. The molecule has 5 atom stereocenters. The zero-order chi connectivity index (χ0) is 43.1. The third kappa shape index (κ3) is 36.0. The zero-order valence-electron chi connectivity index (χ0n) is 35.1. The predicted molar refractivity (Wildman–Crippen MR) is 229 cm³/mol. The Morgan fingerprint density at radius 2 is 1.14 bits per heavy atom. The topological polar surface area (TPSA) is 212 Å². The highest BCUT2D eigenvalue weighted by Gasteiger charge is 2.28. The summed E-state index contributed by atoms with van der Waals surface area (Å²) >= 11 is 0. The molecule has 0 bridgehead atoms. The number of carbonyl (C=O) groups is 3. The number of carbonyl (C=O) groups excluding carboxylic acids is 2. The van der Waals surface area contributed by atoms with Crippen molar-refractivity contribution in [2.45, 2.75) is 167 Å². The lowest BCUT2D eigenvalue weighted by Gasteiger charge is -2.20. The molecule has 0 aromatic carbocycles. The van der Waals surface area contributed by atoms with Crippen LogP contribution in [0.5, 0.6) is 0 Å². The van der Waals surface area contributed by atoms with E-state index in [0.717, 1.165) is 70.6 Å². The third-order valence-corrected chi connectivity index (χ3v) is 9.59. The average molecular weight is 840 g/mol. The molecule has 0 aliphatic carbocycles. The first-order chi connectivity index (χ1) is 27.9. The maximum Gasteiger partial charge on any atom is 0.472 e. The number of unbranched alkanes of at least 4 members (excludes halogenated alkanes) is 8. The summed E-state index contributed by atoms with van der Waals surface area (Å²) in [6.45, 7) is 2.32. The van der Waals surface area contributed by atoms with Crippen LogP contribution in [-0.4, -0.2) is 82.3 Å². The monoisotopic (exact) mass is 839 g/mol. The van der Waals surface area contributed by atoms with Gasteiger partial charge in [0.05, 0.1) is 25.4 Å². The fraction of sp³-hybridized carbons (Fsp3) is 0.659. The van der Waals surface area contributed by atoms with Crippen LogP contribution in [0.25, 0.3) is 0 Å². The second-order valence-corrected chi connectivity index (χ2v) is 15.5. The number of aliphatic hydroxyl groups is 2. The number of aliphatic carboxylic acids is 1. The highest BCUT2D eigenvalue weighted by Crippen LogP contribution is 2.43. The molecule has 0 saturated heterocycles. The molecule has 0 aromatic heterocycles. The molecule has 58 heavy (non-hydrogen) atoms. The molecule has 0 aliphatic heterocycles. The van der Waals surface area contributed by atoms with Crippen LogP contribution in [0.3, 0.4) is 0 Å². The number of esters is 2. The zero-order valence-corrected chi connectivity index (χ0v) is 36.0. The summed E-state index contributed by atoms with van der Waals surface area (Å²) in [5, 5.41) is 29.5. The van der Waals surface area contributed by atoms with Gasteiger partial charge in [0.25, 0.3) is 0 Å². The van der Waals surface area contributed by atoms with Crippen LogP contribution in [-0.2, 0) is 37.5 Å². The van der Waals surface area contributed by atoms with Crippen molar-refractivity contribution in [3.63, 3.8) is 0 Å². The van der Waals surface area contributed by atoms with E-state index >= 15 is 0 Å². The molecule has 0 rings (SSSR count). The van der Waals surface area contributed by atoms with Crippen molar-refractivity contribution in [2.75, 3.05) is 19.8 Å². The van der Waals surface area contributed by atoms with Gasteiger partial charge in [-0.2, -0.15) is 0 Å². The normalized spacial score (nSPS) is 15.6. The maximum absolute atomic E-state index is 12.6. The molecule has 0 spiro atoms. The number of hydrogen-bond donors (Lipinski definition) is 5. The number of allylic oxidation sites excluding steroid dienone is 11. The summed E-state index contributed by atoms with van der Waals surface area (Å²) in [7, 11) is -4.79. The largest absolute Gasteiger partial charge is 0.480 e. The SMILES string of the molecule is CC/C=C\C/C=C\C/C=C\CCCCCCCC(=O)O[C@H](COC(=O)CCCC(O)C(O)C/C=C\C/C=C\C/C=C\CCCCC)COP(=O)(O)OC[C@H](N)C(=O)O. The Labute approximate surface area is 347 Å². The number of hydrogen-bond acceptors (Lipinski definition) is 11. The van der Waals surface area contributed by atoms with Gasteiger partial charge in [0, 0.05) is 12.8 Å². The fourth-order valence-corrected chi connectivity index (χ4v) is 5.96. The van der Waals surface area contributed by atoms with Crippen LogP contribution in [0.1, 0.15) is 142 Å². The fourth-order valence-electron chi connectivity index (χ4n) is 5.18. The molecule has 0 fully saturated rings. The molecule has 14 heteroatoms. The molecule has 13 nitrogen and oxygen atoms in total. The first kappa shape index (κ1) is 54.8. The Kier molecular flexibility index (Phi) is 36.0. The second kappa shape index (κ2) is 38.1. The average Bonchev–Trinajstić information content (AvgIpc) is 3.19. The summed E-state index contributed by atoms with van der Waals surface area (Å²) in [5.74, 6) is -2.73. The number of rotatable bonds is 38. The van der Waals surface area contributed by atoms with E-state index in [2.05, 4.69) is 73.1 Å². The molecule has 0 radical (unpaired) electrons.